The number of nitrogens with two attached hydrogens (primary N) is 2. The maximum absolute atomic E-state index is 12.3. The van der Waals surface area contributed by atoms with Gasteiger partial charge in [0, 0.05) is 78.7 Å². The molecule has 0 unspecified atom stereocenters. The van der Waals surface area contributed by atoms with Crippen LogP contribution in [0.1, 0.15) is 66.6 Å². The maximum Gasteiger partial charge on any atom is 0.315 e. The van der Waals surface area contributed by atoms with Crippen molar-refractivity contribution in [2.75, 3.05) is 32.7 Å². The molecule has 11 nitrogen and oxygen atoms in total. The summed E-state index contributed by atoms with van der Waals surface area (Å²) >= 11 is 11.8. The number of halogens is 2. The monoisotopic (exact) mass is 799 g/mol. The molecule has 296 valence electrons. The number of ether oxygens (including phenoxy) is 1. The summed E-state index contributed by atoms with van der Waals surface area (Å²) in [5.74, 6) is 0.785. The zero-order chi connectivity index (χ0) is 39.8. The fourth-order valence-electron chi connectivity index (χ4n) is 7.47. The molecule has 2 fully saturated rings. The van der Waals surface area contributed by atoms with E-state index < -0.39 is 11.6 Å². The van der Waals surface area contributed by atoms with Crippen LogP contribution in [-0.4, -0.2) is 81.7 Å². The van der Waals surface area contributed by atoms with E-state index in [1.807, 2.05) is 72.8 Å². The number of hydrogen-bond donors (Lipinski definition) is 4. The Morgan fingerprint density at radius 3 is 2.16 bits per heavy atom. The van der Waals surface area contributed by atoms with Crippen molar-refractivity contribution in [1.82, 2.24) is 25.0 Å². The highest BCUT2D eigenvalue weighted by Gasteiger charge is 2.30. The molecule has 2 atom stereocenters. The molecule has 1 aromatic heterocycles. The first kappa shape index (κ1) is 41.0. The number of nitrogens with zero attached hydrogens (tertiary/aromatic N) is 4. The van der Waals surface area contributed by atoms with E-state index in [-0.39, 0.29) is 18.1 Å². The lowest BCUT2D eigenvalue weighted by molar-refractivity contribution is 0.0785. The summed E-state index contributed by atoms with van der Waals surface area (Å²) < 4.78 is 6.12. The topological polar surface area (TPSA) is 150 Å². The Balaban J connectivity index is 0.000000261. The number of likely N-dealkylation sites (tertiary alicyclic amines) is 1. The van der Waals surface area contributed by atoms with Crippen molar-refractivity contribution in [3.8, 4) is 5.75 Å². The van der Waals surface area contributed by atoms with Crippen molar-refractivity contribution >= 4 is 40.8 Å². The van der Waals surface area contributed by atoms with Crippen LogP contribution in [0, 0.1) is 0 Å². The summed E-state index contributed by atoms with van der Waals surface area (Å²) in [7, 11) is 0. The summed E-state index contributed by atoms with van der Waals surface area (Å²) in [5, 5.41) is 15.3. The molecule has 3 aliphatic heterocycles. The molecule has 6 N–H and O–H groups in total. The van der Waals surface area contributed by atoms with Crippen molar-refractivity contribution in [1.29, 1.82) is 0 Å². The molecule has 56 heavy (non-hydrogen) atoms. The Bertz CT molecular complexity index is 2000. The molecule has 4 aromatic rings. The minimum atomic E-state index is -0.965. The van der Waals surface area contributed by atoms with Crippen LogP contribution in [0.4, 0.5) is 9.59 Å². The van der Waals surface area contributed by atoms with Crippen LogP contribution in [-0.2, 0) is 25.3 Å². The number of nitrogens with one attached hydrogen (secondary N) is 1. The number of fused-ring (bicyclic) bond motifs is 2. The second kappa shape index (κ2) is 18.5. The van der Waals surface area contributed by atoms with Gasteiger partial charge < -0.3 is 41.3 Å². The number of primary amides is 2. The highest BCUT2D eigenvalue weighted by atomic mass is 35.5. The number of rotatable bonds is 10. The molecular formula is C43H51Cl2N7O4. The highest BCUT2D eigenvalue weighted by molar-refractivity contribution is 6.30. The number of aromatic nitrogens is 1. The quantitative estimate of drug-likeness (QED) is 0.136. The van der Waals surface area contributed by atoms with Crippen LogP contribution in [0.25, 0.3) is 5.57 Å². The molecular weight excluding hydrogens is 749 g/mol. The van der Waals surface area contributed by atoms with E-state index >= 15 is 0 Å². The Morgan fingerprint density at radius 1 is 0.929 bits per heavy atom. The second-order valence-corrected chi connectivity index (χ2v) is 15.9. The molecule has 2 saturated heterocycles. The van der Waals surface area contributed by atoms with E-state index in [1.54, 1.807) is 29.8 Å². The van der Waals surface area contributed by atoms with Gasteiger partial charge in [0.15, 0.2) is 0 Å². The van der Waals surface area contributed by atoms with Crippen LogP contribution >= 0.6 is 23.2 Å². The minimum absolute atomic E-state index is 0.0668. The molecule has 7 rings (SSSR count). The zero-order valence-electron chi connectivity index (χ0n) is 32.0. The molecule has 0 spiro atoms. The molecule has 0 saturated carbocycles. The van der Waals surface area contributed by atoms with Crippen molar-refractivity contribution in [3.05, 3.63) is 135 Å². The first-order chi connectivity index (χ1) is 26.9. The first-order valence-electron chi connectivity index (χ1n) is 19.0. The van der Waals surface area contributed by atoms with E-state index in [4.69, 9.17) is 39.4 Å². The Kier molecular flexibility index (Phi) is 13.6. The third kappa shape index (κ3) is 10.6. The van der Waals surface area contributed by atoms with Gasteiger partial charge in [-0.1, -0.05) is 65.7 Å². The molecule has 3 aromatic carbocycles. The van der Waals surface area contributed by atoms with Gasteiger partial charge in [0.2, 0.25) is 0 Å². The lowest BCUT2D eigenvalue weighted by Gasteiger charge is -2.27. The van der Waals surface area contributed by atoms with E-state index in [2.05, 4.69) is 27.3 Å². The Morgan fingerprint density at radius 2 is 1.57 bits per heavy atom. The highest BCUT2D eigenvalue weighted by Crippen LogP contribution is 2.38. The SMILES string of the molecule is CC(C)(O)c1ccc2c(c1)C(=CCCN1CC[C@@H](N(Cc3ccc(Cl)cc3)C(N)=O)C1)c1cccnc1CO2.NC(=O)N(Cc1ccc(Cl)cc1)[C@@H]1CCNC1. The number of pyridine rings is 1. The number of carbonyl (C=O) groups is 2. The van der Waals surface area contributed by atoms with Crippen molar-refractivity contribution in [2.24, 2.45) is 11.5 Å². The summed E-state index contributed by atoms with van der Waals surface area (Å²) in [6.07, 6.45) is 6.68. The van der Waals surface area contributed by atoms with Crippen LogP contribution in [0.15, 0.2) is 91.1 Å². The minimum Gasteiger partial charge on any atom is -0.487 e. The van der Waals surface area contributed by atoms with E-state index in [0.717, 1.165) is 96.8 Å². The predicted molar refractivity (Wildman–Crippen MR) is 221 cm³/mol. The molecule has 4 amide bonds. The molecule has 0 radical (unpaired) electrons. The van der Waals surface area contributed by atoms with Gasteiger partial charge in [-0.05, 0) is 104 Å². The lowest BCUT2D eigenvalue weighted by Crippen LogP contribution is -2.44. The molecule has 13 heteroatoms. The number of benzene rings is 3. The predicted octanol–water partition coefficient (Wildman–Crippen LogP) is 6.91. The Labute approximate surface area is 339 Å². The standard InChI is InChI=1S/C31H35ClN4O3.C12H16ClN3O/c1-31(2,38)22-9-12-29-27(17-22)25(26-5-3-14-34-28(26)20-39-29)6-4-15-35-16-13-24(19-35)36(30(33)37)18-21-7-10-23(32)11-8-21;13-10-3-1-9(2-4-10)8-16(12(14)17)11-5-6-15-7-11/h3,5-12,14,17,24,38H,4,13,15-16,18-20H2,1-2H3,(H2,33,37);1-4,11,15H,5-8H2,(H2,14,17)/t24-;11-/m11/s1. The summed E-state index contributed by atoms with van der Waals surface area (Å²) in [6.45, 7) is 9.27. The van der Waals surface area contributed by atoms with Crippen molar-refractivity contribution < 1.29 is 19.4 Å². The number of urea groups is 2. The van der Waals surface area contributed by atoms with Crippen LogP contribution in [0.3, 0.4) is 0 Å². The zero-order valence-corrected chi connectivity index (χ0v) is 33.5. The van der Waals surface area contributed by atoms with Crippen LogP contribution in [0.2, 0.25) is 10.0 Å². The van der Waals surface area contributed by atoms with Crippen molar-refractivity contribution in [3.63, 3.8) is 0 Å². The van der Waals surface area contributed by atoms with Crippen LogP contribution < -0.4 is 21.5 Å². The van der Waals surface area contributed by atoms with Gasteiger partial charge in [0.25, 0.3) is 0 Å². The molecule has 4 heterocycles. The van der Waals surface area contributed by atoms with Gasteiger partial charge >= 0.3 is 12.1 Å². The average Bonchev–Trinajstić information content (AvgIpc) is 3.85. The summed E-state index contributed by atoms with van der Waals surface area (Å²) in [6, 6.07) is 24.4. The largest absolute Gasteiger partial charge is 0.487 e. The van der Waals surface area contributed by atoms with Gasteiger partial charge in [-0.15, -0.1) is 0 Å². The van der Waals surface area contributed by atoms with Gasteiger partial charge in [0.1, 0.15) is 12.4 Å². The lowest BCUT2D eigenvalue weighted by atomic mass is 9.90. The number of amides is 4. The maximum atomic E-state index is 12.3. The molecule has 0 aliphatic carbocycles. The molecule has 0 bridgehead atoms. The van der Waals surface area contributed by atoms with Crippen LogP contribution in [0.5, 0.6) is 5.75 Å². The third-order valence-electron chi connectivity index (χ3n) is 10.6. The van der Waals surface area contributed by atoms with Gasteiger partial charge in [-0.2, -0.15) is 0 Å². The summed E-state index contributed by atoms with van der Waals surface area (Å²) in [5.41, 5.74) is 17.1. The van der Waals surface area contributed by atoms with Gasteiger partial charge in [-0.25, -0.2) is 9.59 Å². The number of carbonyl (C=O) groups excluding carboxylic acids is 2. The van der Waals surface area contributed by atoms with Gasteiger partial charge in [-0.3, -0.25) is 4.98 Å². The van der Waals surface area contributed by atoms with E-state index in [1.165, 1.54) is 0 Å². The second-order valence-electron chi connectivity index (χ2n) is 15.0. The fourth-order valence-corrected chi connectivity index (χ4v) is 7.72. The van der Waals surface area contributed by atoms with E-state index in [9.17, 15) is 14.7 Å². The van der Waals surface area contributed by atoms with Gasteiger partial charge in [0.05, 0.1) is 11.3 Å². The summed E-state index contributed by atoms with van der Waals surface area (Å²) in [4.78, 5) is 34.2. The van der Waals surface area contributed by atoms with E-state index in [0.29, 0.717) is 29.7 Å². The molecule has 3 aliphatic rings. The van der Waals surface area contributed by atoms with Crippen molar-refractivity contribution in [2.45, 2.75) is 70.5 Å². The smallest absolute Gasteiger partial charge is 0.315 e. The fraction of sp³-hybridized carbons (Fsp3) is 0.372. The number of aliphatic hydroxyl groups is 1. The third-order valence-corrected chi connectivity index (χ3v) is 11.1. The average molecular weight is 801 g/mol. The normalized spacial score (nSPS) is 18.6. The first-order valence-corrected chi connectivity index (χ1v) is 19.8. The number of hydrogen-bond acceptors (Lipinski definition) is 7. The Hall–Kier alpha value is -4.65.